The fraction of sp³-hybridized carbons (Fsp3) is 0.0612. The Kier molecular flexibility index (Phi) is 7.53. The number of fused-ring (bicyclic) bond motifs is 6. The Bertz CT molecular complexity index is 2760. The molecule has 1 aliphatic carbocycles. The smallest absolute Gasteiger partial charge is 0.0991 e. The third-order valence-electron chi connectivity index (χ3n) is 10.4. The van der Waals surface area contributed by atoms with Gasteiger partial charge in [-0.05, 0) is 106 Å². The molecule has 0 saturated heterocycles. The highest BCUT2D eigenvalue weighted by Gasteiger charge is 2.36. The molecular weight excluding hydrogens is 631 g/mol. The van der Waals surface area contributed by atoms with E-state index in [4.69, 9.17) is 4.99 Å². The van der Waals surface area contributed by atoms with E-state index in [1.165, 1.54) is 33.0 Å². The van der Waals surface area contributed by atoms with Crippen molar-refractivity contribution >= 4 is 39.3 Å². The van der Waals surface area contributed by atoms with Crippen molar-refractivity contribution in [3.63, 3.8) is 0 Å². The maximum Gasteiger partial charge on any atom is 0.0991 e. The molecule has 0 bridgehead atoms. The normalized spacial score (nSPS) is 13.4. The highest BCUT2D eigenvalue weighted by Crippen LogP contribution is 2.51. The van der Waals surface area contributed by atoms with Gasteiger partial charge in [-0.1, -0.05) is 123 Å². The molecule has 0 N–H and O–H groups in total. The van der Waals surface area contributed by atoms with Gasteiger partial charge in [-0.25, -0.2) is 4.99 Å². The summed E-state index contributed by atoms with van der Waals surface area (Å²) in [5.41, 5.74) is 14.9. The van der Waals surface area contributed by atoms with Crippen LogP contribution in [0.1, 0.15) is 41.7 Å². The Balaban J connectivity index is 1.33. The molecular formula is C49H35N3. The summed E-state index contributed by atoms with van der Waals surface area (Å²) in [6.07, 6.45) is 4.23. The zero-order valence-electron chi connectivity index (χ0n) is 29.1. The minimum Gasteiger partial charge on any atom is -0.309 e. The van der Waals surface area contributed by atoms with Crippen LogP contribution in [0.5, 0.6) is 0 Å². The highest BCUT2D eigenvalue weighted by atomic mass is 15.0. The lowest BCUT2D eigenvalue weighted by Gasteiger charge is -2.22. The third-order valence-corrected chi connectivity index (χ3v) is 10.4. The summed E-state index contributed by atoms with van der Waals surface area (Å²) in [7, 11) is 0. The quantitative estimate of drug-likeness (QED) is 0.163. The minimum absolute atomic E-state index is 0.135. The Hall–Kier alpha value is -6.76. The van der Waals surface area contributed by atoms with Crippen LogP contribution in [-0.2, 0) is 5.41 Å². The third kappa shape index (κ3) is 5.34. The summed E-state index contributed by atoms with van der Waals surface area (Å²) in [6, 6.07) is 59.7. The molecule has 7 aromatic carbocycles. The average Bonchev–Trinajstić information content (AvgIpc) is 3.64. The van der Waals surface area contributed by atoms with Gasteiger partial charge in [0.2, 0.25) is 0 Å². The molecule has 3 heteroatoms. The van der Waals surface area contributed by atoms with Crippen molar-refractivity contribution in [2.75, 3.05) is 0 Å². The van der Waals surface area contributed by atoms with Crippen LogP contribution in [0.25, 0.3) is 55.8 Å². The van der Waals surface area contributed by atoms with Crippen molar-refractivity contribution < 1.29 is 0 Å². The maximum absolute atomic E-state index is 9.84. The minimum atomic E-state index is -0.135. The SMILES string of the molecule is CC1(C)c2ccccc2-c2cc3c4ccccc4n(-c4cc(C(/C=C/c5ccccc5)=Nc5ccccc5)cc(-c5cccc(C#N)c5)c4)c3cc21. The number of allylic oxidation sites excluding steroid dienone is 1. The first-order valence-corrected chi connectivity index (χ1v) is 17.7. The topological polar surface area (TPSA) is 41.1 Å². The van der Waals surface area contributed by atoms with E-state index in [1.807, 2.05) is 66.7 Å². The van der Waals surface area contributed by atoms with Crippen molar-refractivity contribution in [1.82, 2.24) is 4.57 Å². The van der Waals surface area contributed by atoms with E-state index < -0.39 is 0 Å². The van der Waals surface area contributed by atoms with Crippen LogP contribution in [0, 0.1) is 11.3 Å². The second kappa shape index (κ2) is 12.5. The predicted octanol–water partition coefficient (Wildman–Crippen LogP) is 12.5. The Morgan fingerprint density at radius 3 is 2.19 bits per heavy atom. The Morgan fingerprint density at radius 1 is 0.615 bits per heavy atom. The highest BCUT2D eigenvalue weighted by molar-refractivity contribution is 6.14. The van der Waals surface area contributed by atoms with Gasteiger partial charge in [0.15, 0.2) is 0 Å². The number of nitriles is 1. The van der Waals surface area contributed by atoms with Crippen LogP contribution >= 0.6 is 0 Å². The summed E-state index contributed by atoms with van der Waals surface area (Å²) in [5.74, 6) is 0. The van der Waals surface area contributed by atoms with Gasteiger partial charge in [0.05, 0.1) is 34.1 Å². The number of hydrogen-bond acceptors (Lipinski definition) is 2. The number of aliphatic imine (C=N–C) groups is 1. The molecule has 0 saturated carbocycles. The van der Waals surface area contributed by atoms with E-state index in [2.05, 4.69) is 134 Å². The van der Waals surface area contributed by atoms with Gasteiger partial charge in [0.1, 0.15) is 0 Å². The first-order chi connectivity index (χ1) is 25.5. The van der Waals surface area contributed by atoms with Crippen LogP contribution in [0.2, 0.25) is 0 Å². The predicted molar refractivity (Wildman–Crippen MR) is 217 cm³/mol. The average molecular weight is 666 g/mol. The molecule has 1 aromatic heterocycles. The van der Waals surface area contributed by atoms with Crippen molar-refractivity contribution in [3.8, 4) is 34.0 Å². The van der Waals surface area contributed by atoms with Crippen molar-refractivity contribution in [2.24, 2.45) is 4.99 Å². The Labute approximate surface area is 304 Å². The van der Waals surface area contributed by atoms with E-state index in [-0.39, 0.29) is 5.41 Å². The van der Waals surface area contributed by atoms with Crippen LogP contribution < -0.4 is 0 Å². The van der Waals surface area contributed by atoms with E-state index in [0.717, 1.165) is 50.4 Å². The molecule has 0 aliphatic heterocycles. The van der Waals surface area contributed by atoms with Crippen LogP contribution in [-0.4, -0.2) is 10.3 Å². The van der Waals surface area contributed by atoms with Gasteiger partial charge >= 0.3 is 0 Å². The molecule has 0 spiro atoms. The van der Waals surface area contributed by atoms with E-state index >= 15 is 0 Å². The molecule has 52 heavy (non-hydrogen) atoms. The van der Waals surface area contributed by atoms with Gasteiger partial charge in [0.25, 0.3) is 0 Å². The number of hydrogen-bond donors (Lipinski definition) is 0. The number of rotatable bonds is 6. The fourth-order valence-corrected chi connectivity index (χ4v) is 7.84. The first-order valence-electron chi connectivity index (χ1n) is 17.7. The van der Waals surface area contributed by atoms with Crippen LogP contribution in [0.4, 0.5) is 5.69 Å². The number of benzene rings is 7. The van der Waals surface area contributed by atoms with Crippen LogP contribution in [0.3, 0.4) is 0 Å². The molecule has 0 radical (unpaired) electrons. The van der Waals surface area contributed by atoms with Crippen molar-refractivity contribution in [3.05, 3.63) is 198 Å². The van der Waals surface area contributed by atoms with E-state index in [0.29, 0.717) is 5.56 Å². The first kappa shape index (κ1) is 31.2. The van der Waals surface area contributed by atoms with E-state index in [9.17, 15) is 5.26 Å². The van der Waals surface area contributed by atoms with Gasteiger partial charge in [-0.3, -0.25) is 0 Å². The summed E-state index contributed by atoms with van der Waals surface area (Å²) >= 11 is 0. The zero-order valence-corrected chi connectivity index (χ0v) is 29.1. The standard InChI is InChI=1S/C49H35N3/c1-49(2)44-22-11-9-20-40(44)42-30-43-41-21-10-12-23-47(41)52(48(43)31-45(42)49)39-28-36(35-17-13-16-34(26-35)32-50)27-37(29-39)46(51-38-18-7-4-8-19-38)25-24-33-14-5-3-6-15-33/h3-31H,1-2H3/b25-24+,51-46?. The Morgan fingerprint density at radius 2 is 1.37 bits per heavy atom. The maximum atomic E-state index is 9.84. The lowest BCUT2D eigenvalue weighted by Crippen LogP contribution is -2.15. The van der Waals surface area contributed by atoms with Gasteiger partial charge in [-0.15, -0.1) is 0 Å². The van der Waals surface area contributed by atoms with Gasteiger partial charge in [0, 0.05) is 27.4 Å². The van der Waals surface area contributed by atoms with E-state index in [1.54, 1.807) is 0 Å². The molecule has 0 fully saturated rings. The molecule has 246 valence electrons. The van der Waals surface area contributed by atoms with Crippen molar-refractivity contribution in [2.45, 2.75) is 19.3 Å². The van der Waals surface area contributed by atoms with Crippen LogP contribution in [0.15, 0.2) is 175 Å². The summed E-state index contributed by atoms with van der Waals surface area (Å²) in [4.78, 5) is 5.22. The lowest BCUT2D eigenvalue weighted by molar-refractivity contribution is 0.661. The van der Waals surface area contributed by atoms with Crippen molar-refractivity contribution in [1.29, 1.82) is 5.26 Å². The molecule has 3 nitrogen and oxygen atoms in total. The molecule has 0 amide bonds. The number of aromatic nitrogens is 1. The summed E-state index contributed by atoms with van der Waals surface area (Å²) < 4.78 is 2.41. The zero-order chi connectivity index (χ0) is 35.2. The molecule has 1 aliphatic rings. The van der Waals surface area contributed by atoms with Gasteiger partial charge in [-0.2, -0.15) is 5.26 Å². The largest absolute Gasteiger partial charge is 0.309 e. The second-order valence-electron chi connectivity index (χ2n) is 14.0. The molecule has 0 unspecified atom stereocenters. The van der Waals surface area contributed by atoms with Gasteiger partial charge < -0.3 is 4.57 Å². The number of nitrogens with zero attached hydrogens (tertiary/aromatic N) is 3. The number of para-hydroxylation sites is 2. The monoisotopic (exact) mass is 665 g/mol. The second-order valence-corrected chi connectivity index (χ2v) is 14.0. The molecule has 8 aromatic rings. The fourth-order valence-electron chi connectivity index (χ4n) is 7.84. The molecule has 1 heterocycles. The summed E-state index contributed by atoms with van der Waals surface area (Å²) in [5, 5.41) is 12.3. The molecule has 0 atom stereocenters. The summed E-state index contributed by atoms with van der Waals surface area (Å²) in [6.45, 7) is 4.67. The lowest BCUT2D eigenvalue weighted by atomic mass is 9.82. The molecule has 9 rings (SSSR count).